The van der Waals surface area contributed by atoms with Crippen LogP contribution in [0.3, 0.4) is 0 Å². The van der Waals surface area contributed by atoms with E-state index in [-0.39, 0.29) is 10.2 Å². The average molecular weight is 328 g/mol. The molecule has 0 aliphatic carbocycles. The van der Waals surface area contributed by atoms with Crippen LogP contribution >= 0.6 is 11.6 Å². The molecule has 0 saturated carbocycles. The summed E-state index contributed by atoms with van der Waals surface area (Å²) in [5, 5.41) is 0.119. The molecule has 2 aromatic rings. The van der Waals surface area contributed by atoms with E-state index in [2.05, 4.69) is 11.9 Å². The first kappa shape index (κ1) is 14.8. The largest absolute Gasteiger partial charge is 0.288 e. The second-order valence-electron chi connectivity index (χ2n) is 5.39. The van der Waals surface area contributed by atoms with E-state index >= 15 is 0 Å². The van der Waals surface area contributed by atoms with Gasteiger partial charge in [0.15, 0.2) is 10.2 Å². The molecule has 21 heavy (non-hydrogen) atoms. The van der Waals surface area contributed by atoms with Gasteiger partial charge in [-0.2, -0.15) is 4.31 Å². The number of rotatable bonds is 3. The third kappa shape index (κ3) is 2.56. The van der Waals surface area contributed by atoms with Crippen LogP contribution in [-0.4, -0.2) is 35.2 Å². The molecule has 5 nitrogen and oxygen atoms in total. The zero-order valence-corrected chi connectivity index (χ0v) is 13.4. The molecular weight excluding hydrogens is 310 g/mol. The number of hydrogen-bond donors (Lipinski definition) is 0. The highest BCUT2D eigenvalue weighted by molar-refractivity contribution is 7.89. The summed E-state index contributed by atoms with van der Waals surface area (Å²) in [6.07, 6.45) is 4.60. The molecule has 0 aromatic carbocycles. The van der Waals surface area contributed by atoms with Crippen LogP contribution in [0.4, 0.5) is 0 Å². The van der Waals surface area contributed by atoms with Crippen molar-refractivity contribution < 1.29 is 8.42 Å². The summed E-state index contributed by atoms with van der Waals surface area (Å²) < 4.78 is 28.8. The molecule has 0 amide bonds. The number of sulfonamides is 1. The van der Waals surface area contributed by atoms with Gasteiger partial charge in [0.25, 0.3) is 10.0 Å². The fourth-order valence-electron chi connectivity index (χ4n) is 2.86. The van der Waals surface area contributed by atoms with Crippen LogP contribution in [-0.2, 0) is 10.0 Å². The normalized spacial score (nSPS) is 18.4. The van der Waals surface area contributed by atoms with Gasteiger partial charge in [0.2, 0.25) is 0 Å². The first-order chi connectivity index (χ1) is 10.0. The smallest absolute Gasteiger partial charge is 0.262 e. The Kier molecular flexibility index (Phi) is 3.94. The lowest BCUT2D eigenvalue weighted by molar-refractivity contribution is 0.268. The van der Waals surface area contributed by atoms with Gasteiger partial charge in [0.1, 0.15) is 5.65 Å². The van der Waals surface area contributed by atoms with Gasteiger partial charge in [-0.15, -0.1) is 0 Å². The van der Waals surface area contributed by atoms with E-state index in [0.717, 1.165) is 19.3 Å². The summed E-state index contributed by atoms with van der Waals surface area (Å²) in [4.78, 5) is 4.13. The molecule has 0 spiro atoms. The molecule has 1 aliphatic heterocycles. The van der Waals surface area contributed by atoms with E-state index in [1.807, 2.05) is 6.07 Å². The lowest BCUT2D eigenvalue weighted by Gasteiger charge is -2.30. The SMILES string of the molecule is CCC1CCN(S(=O)(=O)c2c(Cl)nc3ccccn23)CC1. The number of imidazole rings is 1. The highest BCUT2D eigenvalue weighted by atomic mass is 35.5. The molecule has 0 radical (unpaired) electrons. The second kappa shape index (κ2) is 5.59. The summed E-state index contributed by atoms with van der Waals surface area (Å²) in [7, 11) is -3.61. The maximum atomic E-state index is 12.9. The Morgan fingerprint density at radius 1 is 1.33 bits per heavy atom. The van der Waals surface area contributed by atoms with E-state index < -0.39 is 10.0 Å². The van der Waals surface area contributed by atoms with Crippen molar-refractivity contribution in [2.45, 2.75) is 31.2 Å². The zero-order chi connectivity index (χ0) is 15.0. The van der Waals surface area contributed by atoms with Gasteiger partial charge in [-0.05, 0) is 30.9 Å². The van der Waals surface area contributed by atoms with Crippen LogP contribution in [0.25, 0.3) is 5.65 Å². The van der Waals surface area contributed by atoms with Crippen LogP contribution in [0, 0.1) is 5.92 Å². The fraction of sp³-hybridized carbons (Fsp3) is 0.500. The maximum Gasteiger partial charge on any atom is 0.262 e. The van der Waals surface area contributed by atoms with Gasteiger partial charge in [0, 0.05) is 19.3 Å². The Hall–Kier alpha value is -1.11. The number of halogens is 1. The Bertz CT molecular complexity index is 749. The van der Waals surface area contributed by atoms with Gasteiger partial charge >= 0.3 is 0 Å². The molecule has 114 valence electrons. The minimum absolute atomic E-state index is 0.0406. The number of nitrogens with zero attached hydrogens (tertiary/aromatic N) is 3. The van der Waals surface area contributed by atoms with E-state index in [9.17, 15) is 8.42 Å². The second-order valence-corrected chi connectivity index (χ2v) is 7.60. The molecule has 7 heteroatoms. The van der Waals surface area contributed by atoms with Crippen molar-refractivity contribution in [2.75, 3.05) is 13.1 Å². The standard InChI is InChI=1S/C14H18ClN3O2S/c1-2-11-6-9-17(10-7-11)21(19,20)14-13(15)16-12-5-3-4-8-18(12)14/h3-5,8,11H,2,6-7,9-10H2,1H3. The lowest BCUT2D eigenvalue weighted by atomic mass is 9.96. The van der Waals surface area contributed by atoms with Crippen molar-refractivity contribution in [2.24, 2.45) is 5.92 Å². The number of fused-ring (bicyclic) bond motifs is 1. The molecule has 0 N–H and O–H groups in total. The molecule has 3 rings (SSSR count). The Morgan fingerprint density at radius 3 is 2.71 bits per heavy atom. The number of pyridine rings is 1. The quantitative estimate of drug-likeness (QED) is 0.871. The summed E-state index contributed by atoms with van der Waals surface area (Å²) in [5.74, 6) is 0.620. The molecule has 1 saturated heterocycles. The predicted molar refractivity (Wildman–Crippen MR) is 82.0 cm³/mol. The minimum atomic E-state index is -3.61. The summed E-state index contributed by atoms with van der Waals surface area (Å²) in [5.41, 5.74) is 0.546. The van der Waals surface area contributed by atoms with E-state index in [4.69, 9.17) is 11.6 Å². The van der Waals surface area contributed by atoms with Crippen molar-refractivity contribution in [1.29, 1.82) is 0 Å². The van der Waals surface area contributed by atoms with Gasteiger partial charge in [-0.1, -0.05) is 31.0 Å². The molecule has 1 aliphatic rings. The fourth-order valence-corrected chi connectivity index (χ4v) is 4.92. The monoisotopic (exact) mass is 327 g/mol. The summed E-state index contributed by atoms with van der Waals surface area (Å²) in [6, 6.07) is 5.32. The Balaban J connectivity index is 1.99. The van der Waals surface area contributed by atoms with Crippen molar-refractivity contribution in [1.82, 2.24) is 13.7 Å². The highest BCUT2D eigenvalue weighted by Crippen LogP contribution is 2.29. The van der Waals surface area contributed by atoms with E-state index in [0.29, 0.717) is 24.7 Å². The lowest BCUT2D eigenvalue weighted by Crippen LogP contribution is -2.38. The van der Waals surface area contributed by atoms with Gasteiger partial charge in [-0.25, -0.2) is 13.4 Å². The zero-order valence-electron chi connectivity index (χ0n) is 11.9. The molecular formula is C14H18ClN3O2S. The molecule has 0 bridgehead atoms. The third-order valence-electron chi connectivity index (χ3n) is 4.18. The van der Waals surface area contributed by atoms with Crippen molar-refractivity contribution in [3.63, 3.8) is 0 Å². The maximum absolute atomic E-state index is 12.9. The van der Waals surface area contributed by atoms with E-state index in [1.165, 1.54) is 4.31 Å². The van der Waals surface area contributed by atoms with Crippen LogP contribution in [0.5, 0.6) is 0 Å². The van der Waals surface area contributed by atoms with E-state index in [1.54, 1.807) is 22.7 Å². The molecule has 0 atom stereocenters. The first-order valence-corrected chi connectivity index (χ1v) is 8.98. The molecule has 3 heterocycles. The van der Waals surface area contributed by atoms with Crippen molar-refractivity contribution in [3.05, 3.63) is 29.5 Å². The molecule has 1 fully saturated rings. The van der Waals surface area contributed by atoms with Gasteiger partial charge < -0.3 is 0 Å². The van der Waals surface area contributed by atoms with Crippen LogP contribution in [0.2, 0.25) is 5.15 Å². The average Bonchev–Trinajstić information content (AvgIpc) is 2.83. The molecule has 0 unspecified atom stereocenters. The van der Waals surface area contributed by atoms with Crippen molar-refractivity contribution in [3.8, 4) is 0 Å². The molecule has 2 aromatic heterocycles. The van der Waals surface area contributed by atoms with Crippen LogP contribution in [0.15, 0.2) is 29.4 Å². The summed E-state index contributed by atoms with van der Waals surface area (Å²) in [6.45, 7) is 3.25. The van der Waals surface area contributed by atoms with Crippen molar-refractivity contribution >= 4 is 27.3 Å². The predicted octanol–water partition coefficient (Wildman–Crippen LogP) is 2.80. The number of hydrogen-bond acceptors (Lipinski definition) is 3. The van der Waals surface area contributed by atoms with Crippen LogP contribution < -0.4 is 0 Å². The number of aromatic nitrogens is 2. The van der Waals surface area contributed by atoms with Crippen LogP contribution in [0.1, 0.15) is 26.2 Å². The third-order valence-corrected chi connectivity index (χ3v) is 6.48. The van der Waals surface area contributed by atoms with Gasteiger partial charge in [0.05, 0.1) is 0 Å². The number of piperidine rings is 1. The summed E-state index contributed by atoms with van der Waals surface area (Å²) >= 11 is 6.09. The topological polar surface area (TPSA) is 54.7 Å². The highest BCUT2D eigenvalue weighted by Gasteiger charge is 2.33. The first-order valence-electron chi connectivity index (χ1n) is 7.16. The Morgan fingerprint density at radius 2 is 2.05 bits per heavy atom. The Labute approximate surface area is 129 Å². The minimum Gasteiger partial charge on any atom is -0.288 e. The van der Waals surface area contributed by atoms with Gasteiger partial charge in [-0.3, -0.25) is 4.40 Å².